The summed E-state index contributed by atoms with van der Waals surface area (Å²) in [5, 5.41) is 17.8. The van der Waals surface area contributed by atoms with E-state index in [4.69, 9.17) is 32.8 Å². The van der Waals surface area contributed by atoms with Crippen molar-refractivity contribution in [3.05, 3.63) is 47.1 Å². The highest BCUT2D eigenvalue weighted by atomic mass is 32.3. The van der Waals surface area contributed by atoms with E-state index in [1.807, 2.05) is 0 Å². The molecule has 2 atom stereocenters. The van der Waals surface area contributed by atoms with Gasteiger partial charge >= 0.3 is 5.97 Å². The molecular weight excluding hydrogens is 620 g/mol. The first-order valence-corrected chi connectivity index (χ1v) is 14.8. The number of aliphatic carboxylic acids is 1. The molecule has 42 heavy (non-hydrogen) atoms. The van der Waals surface area contributed by atoms with Crippen LogP contribution >= 0.6 is 23.1 Å². The Balaban J connectivity index is 0.000000892. The molecule has 0 unspecified atom stereocenters. The number of oxime groups is 1. The lowest BCUT2D eigenvalue weighted by atomic mass is 9.92. The van der Waals surface area contributed by atoms with Gasteiger partial charge in [0.05, 0.1) is 5.75 Å². The van der Waals surface area contributed by atoms with Crippen LogP contribution in [0.15, 0.2) is 51.4 Å². The smallest absolute Gasteiger partial charge is 0.356 e. The molecule has 0 saturated carbocycles. The Bertz CT molecular complexity index is 1530. The maximum absolute atomic E-state index is 12.9. The quantitative estimate of drug-likeness (QED) is 0.0449. The summed E-state index contributed by atoms with van der Waals surface area (Å²) in [6.07, 6.45) is 3.50. The SMILES string of the molecule is CO/N=C(/C(=O)N[C@@H]1C(=O)N2C(C(=O)O)=C(CSc3cc[n+](CC(C)=O)cc3)OC[C@H]12)c1csc(N)n1.O=S(=O)([O-])O. The van der Waals surface area contributed by atoms with E-state index in [0.717, 1.165) is 21.1 Å². The number of carboxylic acid groups (broad SMARTS) is 1. The largest absolute Gasteiger partial charge is 0.726 e. The molecule has 5 N–H and O–H groups in total. The topological polar surface area (TPSA) is 255 Å². The van der Waals surface area contributed by atoms with Crippen LogP contribution < -0.4 is 15.6 Å². The molecule has 0 bridgehead atoms. The number of nitrogens with one attached hydrogen (secondary N) is 1. The van der Waals surface area contributed by atoms with Crippen molar-refractivity contribution in [3.63, 3.8) is 0 Å². The summed E-state index contributed by atoms with van der Waals surface area (Å²) in [5.74, 6) is -2.28. The number of rotatable bonds is 10. The summed E-state index contributed by atoms with van der Waals surface area (Å²) >= 11 is 2.44. The van der Waals surface area contributed by atoms with Crippen molar-refractivity contribution in [2.45, 2.75) is 30.4 Å². The third-order valence-corrected chi connectivity index (χ3v) is 7.13. The number of Topliss-reactive ketones (excluding diaryl/α,β-unsaturated/α-hetero) is 1. The zero-order valence-corrected chi connectivity index (χ0v) is 24.3. The van der Waals surface area contributed by atoms with Crippen LogP contribution in [-0.2, 0) is 45.7 Å². The van der Waals surface area contributed by atoms with Gasteiger partial charge in [-0.1, -0.05) is 5.16 Å². The number of hydrogen-bond acceptors (Lipinski definition) is 14. The second kappa shape index (κ2) is 13.7. The number of nitrogens with zero attached hydrogens (tertiary/aromatic N) is 4. The number of nitrogen functional groups attached to an aromatic ring is 1. The van der Waals surface area contributed by atoms with E-state index >= 15 is 0 Å². The van der Waals surface area contributed by atoms with Crippen molar-refractivity contribution in [1.29, 1.82) is 0 Å². The van der Waals surface area contributed by atoms with Crippen molar-refractivity contribution in [3.8, 4) is 0 Å². The molecule has 0 radical (unpaired) electrons. The predicted octanol–water partition coefficient (Wildman–Crippen LogP) is -1.23. The van der Waals surface area contributed by atoms with Crippen LogP contribution in [0.5, 0.6) is 0 Å². The van der Waals surface area contributed by atoms with Crippen LogP contribution in [0.2, 0.25) is 0 Å². The van der Waals surface area contributed by atoms with Crippen LogP contribution in [0, 0.1) is 0 Å². The van der Waals surface area contributed by atoms with Gasteiger partial charge in [-0.05, 0) is 0 Å². The Morgan fingerprint density at radius 2 is 2.02 bits per heavy atom. The average molecular weight is 645 g/mol. The fraction of sp³-hybridized carbons (Fsp3) is 0.318. The number of ether oxygens (including phenoxy) is 1. The molecule has 2 aromatic heterocycles. The molecule has 226 valence electrons. The van der Waals surface area contributed by atoms with Crippen molar-refractivity contribution in [2.75, 3.05) is 25.2 Å². The van der Waals surface area contributed by atoms with Gasteiger partial charge in [-0.3, -0.25) is 23.8 Å². The molecule has 0 aliphatic carbocycles. The Labute approximate surface area is 246 Å². The van der Waals surface area contributed by atoms with E-state index in [9.17, 15) is 24.3 Å². The van der Waals surface area contributed by atoms with Crippen LogP contribution in [0.25, 0.3) is 0 Å². The molecule has 2 aromatic rings. The normalized spacial score (nSPS) is 18.1. The number of β-lactam (4-membered cyclic amide) rings is 1. The van der Waals surface area contributed by atoms with Crippen molar-refractivity contribution < 1.29 is 55.9 Å². The Kier molecular flexibility index (Phi) is 10.6. The fourth-order valence-corrected chi connectivity index (χ4v) is 5.20. The van der Waals surface area contributed by atoms with Crippen LogP contribution in [-0.4, -0.2) is 93.3 Å². The number of fused-ring (bicyclic) bond motifs is 1. The van der Waals surface area contributed by atoms with E-state index in [-0.39, 0.29) is 52.7 Å². The van der Waals surface area contributed by atoms with E-state index in [1.54, 1.807) is 29.1 Å². The third-order valence-electron chi connectivity index (χ3n) is 5.44. The number of ketones is 1. The summed E-state index contributed by atoms with van der Waals surface area (Å²) in [6, 6.07) is 1.88. The highest BCUT2D eigenvalue weighted by molar-refractivity contribution is 7.99. The molecule has 1 fully saturated rings. The molecule has 4 rings (SSSR count). The van der Waals surface area contributed by atoms with Gasteiger partial charge in [0.15, 0.2) is 34.7 Å². The minimum atomic E-state index is -4.92. The zero-order valence-electron chi connectivity index (χ0n) is 21.8. The summed E-state index contributed by atoms with van der Waals surface area (Å²) in [4.78, 5) is 59.8. The van der Waals surface area contributed by atoms with Gasteiger partial charge in [-0.2, -0.15) is 4.57 Å². The van der Waals surface area contributed by atoms with Gasteiger partial charge in [0.25, 0.3) is 11.8 Å². The summed E-state index contributed by atoms with van der Waals surface area (Å²) in [6.45, 7) is 1.76. The van der Waals surface area contributed by atoms with E-state index in [1.165, 1.54) is 31.2 Å². The molecule has 1 saturated heterocycles. The molecule has 20 heteroatoms. The summed E-state index contributed by atoms with van der Waals surface area (Å²) in [5.41, 5.74) is 5.38. The molecule has 2 aliphatic heterocycles. The first-order chi connectivity index (χ1) is 19.7. The molecule has 17 nitrogen and oxygen atoms in total. The van der Waals surface area contributed by atoms with Gasteiger partial charge in [0.2, 0.25) is 16.9 Å². The Morgan fingerprint density at radius 3 is 2.55 bits per heavy atom. The maximum Gasteiger partial charge on any atom is 0.356 e. The lowest BCUT2D eigenvalue weighted by Gasteiger charge is -2.49. The number of hydrogen-bond donors (Lipinski definition) is 4. The number of carbonyl (C=O) groups excluding carboxylic acids is 3. The Morgan fingerprint density at radius 1 is 1.38 bits per heavy atom. The molecule has 2 amide bonds. The lowest BCUT2D eigenvalue weighted by molar-refractivity contribution is -0.684. The average Bonchev–Trinajstić information content (AvgIpc) is 3.33. The number of thioether (sulfide) groups is 1. The Hall–Kier alpha value is -4.11. The van der Waals surface area contributed by atoms with Gasteiger partial charge < -0.3 is 30.3 Å². The van der Waals surface area contributed by atoms with Gasteiger partial charge in [0.1, 0.15) is 37.3 Å². The van der Waals surface area contributed by atoms with Crippen molar-refractivity contribution in [2.24, 2.45) is 5.16 Å². The zero-order chi connectivity index (χ0) is 31.2. The number of carbonyl (C=O) groups is 4. The number of amides is 2. The molecular formula is C22H24N6O11S3. The highest BCUT2D eigenvalue weighted by Gasteiger charge is 2.55. The van der Waals surface area contributed by atoms with Crippen molar-refractivity contribution >= 4 is 67.9 Å². The second-order valence-corrected chi connectivity index (χ2v) is 11.2. The lowest BCUT2D eigenvalue weighted by Crippen LogP contribution is -2.73. The summed E-state index contributed by atoms with van der Waals surface area (Å²) < 4.78 is 40.3. The highest BCUT2D eigenvalue weighted by Crippen LogP contribution is 2.35. The number of aromatic nitrogens is 2. The van der Waals surface area contributed by atoms with E-state index in [2.05, 4.69) is 15.5 Å². The van der Waals surface area contributed by atoms with Gasteiger partial charge in [0, 0.05) is 29.3 Å². The van der Waals surface area contributed by atoms with Crippen molar-refractivity contribution in [1.82, 2.24) is 15.2 Å². The van der Waals surface area contributed by atoms with Gasteiger partial charge in [-0.15, -0.1) is 23.1 Å². The number of thiazole rings is 1. The second-order valence-electron chi connectivity index (χ2n) is 8.43. The number of anilines is 1. The standard InChI is InChI=1S/C22H22N6O7S2.H2O4S/c1-11(29)7-27-5-3-12(4-6-27)36-10-15-18(21(32)33)28-14(8-35-15)17(20(28)31)25-19(30)16(26-34-2)13-9-37-22(23)24-13;1-5(2,3)4/h3-6,9,14,17H,7-8,10H2,1-2H3,(H3-,23,24,25,30,32,33);(H2,1,2,3,4)/b26-16+;/t14-,17+;/m1./s1. The fourth-order valence-electron chi connectivity index (χ4n) is 3.82. The molecule has 2 aliphatic rings. The van der Waals surface area contributed by atoms with E-state index < -0.39 is 40.3 Å². The predicted molar refractivity (Wildman–Crippen MR) is 144 cm³/mol. The molecule has 4 heterocycles. The summed E-state index contributed by atoms with van der Waals surface area (Å²) in [7, 11) is -3.66. The molecule has 0 aromatic carbocycles. The minimum absolute atomic E-state index is 0.00281. The number of nitrogens with two attached hydrogens (primary N) is 1. The first kappa shape index (κ1) is 32.4. The minimum Gasteiger partial charge on any atom is -0.726 e. The monoisotopic (exact) mass is 644 g/mol. The van der Waals surface area contributed by atoms with E-state index in [0.29, 0.717) is 0 Å². The first-order valence-electron chi connectivity index (χ1n) is 11.5. The number of pyridine rings is 1. The van der Waals surface area contributed by atoms with Gasteiger partial charge in [-0.25, -0.2) is 18.2 Å². The van der Waals surface area contributed by atoms with Crippen LogP contribution in [0.3, 0.4) is 0 Å². The van der Waals surface area contributed by atoms with Crippen LogP contribution in [0.4, 0.5) is 5.13 Å². The van der Waals surface area contributed by atoms with Crippen LogP contribution in [0.1, 0.15) is 12.6 Å². The number of carboxylic acids is 1. The molecule has 0 spiro atoms. The maximum atomic E-state index is 12.9. The third kappa shape index (κ3) is 8.45.